The Morgan fingerprint density at radius 3 is 1.94 bits per heavy atom. The molecule has 0 radical (unpaired) electrons. The lowest BCUT2D eigenvalue weighted by Crippen LogP contribution is -2.56. The van der Waals surface area contributed by atoms with Crippen molar-refractivity contribution < 1.29 is 40.7 Å². The number of benzene rings is 3. The van der Waals surface area contributed by atoms with Crippen LogP contribution < -0.4 is 24.8 Å². The highest BCUT2D eigenvalue weighted by molar-refractivity contribution is 7.92. The van der Waals surface area contributed by atoms with Crippen molar-refractivity contribution in [1.82, 2.24) is 0 Å². The third kappa shape index (κ3) is 7.96. The maximum absolute atomic E-state index is 14.8. The average molecular weight is 724 g/mol. The average Bonchev–Trinajstić information content (AvgIpc) is 3.00. The standard InChI is InChI=1S/C36H41N3O9S2/c1-21-5-8-27(9-6-21)47-31-11-7-26(37-22(2)40)16-29(31)38-35(42)33(34(41)36-18-23-13-24(19-36)15-25(14-23)20-36)48-32-12-10-28(49(3,43)44)17-30(32)39-50(4,45)46/h5-12,16-17,23-25,33,39H,13-15,18-20H2,1-4H3,(H,37,40)(H,38,42). The van der Waals surface area contributed by atoms with Gasteiger partial charge >= 0.3 is 0 Å². The summed E-state index contributed by atoms with van der Waals surface area (Å²) in [6.07, 6.45) is 5.18. The number of rotatable bonds is 12. The molecule has 2 amide bonds. The van der Waals surface area contributed by atoms with E-state index in [-0.39, 0.29) is 33.7 Å². The van der Waals surface area contributed by atoms with E-state index in [1.807, 2.05) is 19.1 Å². The Labute approximate surface area is 292 Å². The molecule has 12 nitrogen and oxygen atoms in total. The first-order valence-electron chi connectivity index (χ1n) is 16.5. The van der Waals surface area contributed by atoms with Crippen LogP contribution in [0.3, 0.4) is 0 Å². The molecule has 0 heterocycles. The minimum Gasteiger partial charge on any atom is -0.470 e. The topological polar surface area (TPSA) is 174 Å². The number of nitrogens with one attached hydrogen (secondary N) is 3. The number of carbonyl (C=O) groups excluding carboxylic acids is 3. The molecule has 4 fully saturated rings. The number of sulfonamides is 1. The number of ketones is 1. The zero-order valence-corrected chi connectivity index (χ0v) is 29.9. The van der Waals surface area contributed by atoms with E-state index < -0.39 is 43.1 Å². The maximum Gasteiger partial charge on any atom is 0.273 e. The third-order valence-corrected chi connectivity index (χ3v) is 11.5. The smallest absolute Gasteiger partial charge is 0.273 e. The highest BCUT2D eigenvalue weighted by Gasteiger charge is 2.57. The first-order chi connectivity index (χ1) is 23.5. The number of anilines is 3. The molecule has 3 aromatic carbocycles. The summed E-state index contributed by atoms with van der Waals surface area (Å²) in [6.45, 7) is 3.28. The van der Waals surface area contributed by atoms with Gasteiger partial charge in [-0.05, 0) is 112 Å². The number of carbonyl (C=O) groups is 3. The fourth-order valence-corrected chi connectivity index (χ4v) is 9.30. The fourth-order valence-electron chi connectivity index (χ4n) is 8.09. The predicted octanol–water partition coefficient (Wildman–Crippen LogP) is 5.69. The van der Waals surface area contributed by atoms with Gasteiger partial charge in [0.15, 0.2) is 21.4 Å². The summed E-state index contributed by atoms with van der Waals surface area (Å²) in [5, 5.41) is 5.48. The van der Waals surface area contributed by atoms with E-state index in [9.17, 15) is 31.2 Å². The molecule has 50 heavy (non-hydrogen) atoms. The van der Waals surface area contributed by atoms with Gasteiger partial charge in [-0.1, -0.05) is 17.7 Å². The summed E-state index contributed by atoms with van der Waals surface area (Å²) >= 11 is 0. The molecule has 266 valence electrons. The quantitative estimate of drug-likeness (QED) is 0.198. The van der Waals surface area contributed by atoms with Crippen LogP contribution in [-0.4, -0.2) is 53.0 Å². The van der Waals surface area contributed by atoms with Crippen LogP contribution in [0.2, 0.25) is 0 Å². The second-order valence-corrected chi connectivity index (χ2v) is 17.9. The zero-order valence-electron chi connectivity index (χ0n) is 28.3. The van der Waals surface area contributed by atoms with Crippen molar-refractivity contribution in [2.45, 2.75) is 63.4 Å². The molecule has 0 spiro atoms. The van der Waals surface area contributed by atoms with Gasteiger partial charge in [-0.25, -0.2) is 16.8 Å². The van der Waals surface area contributed by atoms with Crippen LogP contribution in [-0.2, 0) is 34.2 Å². The molecule has 1 atom stereocenters. The molecule has 0 aliphatic heterocycles. The van der Waals surface area contributed by atoms with E-state index in [4.69, 9.17) is 9.47 Å². The molecule has 14 heteroatoms. The Morgan fingerprint density at radius 1 is 0.780 bits per heavy atom. The zero-order chi connectivity index (χ0) is 36.0. The fraction of sp³-hybridized carbons (Fsp3) is 0.417. The second-order valence-electron chi connectivity index (χ2n) is 14.2. The molecule has 3 aromatic rings. The first-order valence-corrected chi connectivity index (χ1v) is 20.2. The van der Waals surface area contributed by atoms with Crippen molar-refractivity contribution in [3.63, 3.8) is 0 Å². The van der Waals surface area contributed by atoms with Crippen molar-refractivity contribution in [2.24, 2.45) is 23.2 Å². The number of hydrogen-bond donors (Lipinski definition) is 3. The highest BCUT2D eigenvalue weighted by Crippen LogP contribution is 2.60. The first kappa shape index (κ1) is 35.4. The summed E-state index contributed by atoms with van der Waals surface area (Å²) in [7, 11) is -7.69. The lowest BCUT2D eigenvalue weighted by atomic mass is 9.48. The maximum atomic E-state index is 14.8. The Morgan fingerprint density at radius 2 is 1.38 bits per heavy atom. The SMILES string of the molecule is CC(=O)Nc1ccc(Oc2ccc(C)cc2)c(NC(=O)C(Oc2ccc(S(C)(=O)=O)cc2NS(C)(=O)=O)C(=O)C23CC4CC(CC(C4)C2)C3)c1. The normalized spacial score (nSPS) is 23.1. The number of ether oxygens (including phenoxy) is 2. The van der Waals surface area contributed by atoms with E-state index in [2.05, 4.69) is 15.4 Å². The second kappa shape index (κ2) is 13.4. The van der Waals surface area contributed by atoms with Gasteiger partial charge in [0.2, 0.25) is 22.0 Å². The van der Waals surface area contributed by atoms with Crippen molar-refractivity contribution in [3.05, 3.63) is 66.2 Å². The molecule has 4 saturated carbocycles. The number of Topliss-reactive ketones (excluding diaryl/α,β-unsaturated/α-hetero) is 1. The van der Waals surface area contributed by atoms with Gasteiger partial charge in [0, 0.05) is 24.3 Å². The molecule has 7 rings (SSSR count). The monoisotopic (exact) mass is 723 g/mol. The largest absolute Gasteiger partial charge is 0.470 e. The van der Waals surface area contributed by atoms with Crippen LogP contribution >= 0.6 is 0 Å². The van der Waals surface area contributed by atoms with Gasteiger partial charge in [-0.15, -0.1) is 0 Å². The lowest BCUT2D eigenvalue weighted by molar-refractivity contribution is -0.154. The molecule has 1 unspecified atom stereocenters. The number of aryl methyl sites for hydroxylation is 1. The highest BCUT2D eigenvalue weighted by atomic mass is 32.2. The van der Waals surface area contributed by atoms with Crippen molar-refractivity contribution in [1.29, 1.82) is 0 Å². The molecule has 0 saturated heterocycles. The van der Waals surface area contributed by atoms with E-state index in [1.165, 1.54) is 25.1 Å². The minimum atomic E-state index is -3.94. The van der Waals surface area contributed by atoms with Gasteiger partial charge in [0.25, 0.3) is 5.91 Å². The summed E-state index contributed by atoms with van der Waals surface area (Å²) in [5.41, 5.74) is 0.500. The van der Waals surface area contributed by atoms with Crippen molar-refractivity contribution >= 4 is 54.5 Å². The van der Waals surface area contributed by atoms with Crippen molar-refractivity contribution in [2.75, 3.05) is 27.9 Å². The van der Waals surface area contributed by atoms with Gasteiger partial charge in [-0.2, -0.15) is 0 Å². The summed E-state index contributed by atoms with van der Waals surface area (Å²) in [4.78, 5) is 40.9. The third-order valence-electron chi connectivity index (χ3n) is 9.76. The molecule has 4 aliphatic carbocycles. The summed E-state index contributed by atoms with van der Waals surface area (Å²) in [5.74, 6) is 0.0493. The number of sulfone groups is 1. The molecule has 4 bridgehead atoms. The Bertz CT molecular complexity index is 2030. The van der Waals surface area contributed by atoms with Crippen LogP contribution in [0.15, 0.2) is 65.6 Å². The lowest BCUT2D eigenvalue weighted by Gasteiger charge is -2.56. The predicted molar refractivity (Wildman–Crippen MR) is 189 cm³/mol. The van der Waals surface area contributed by atoms with Gasteiger partial charge in [0.1, 0.15) is 11.5 Å². The molecule has 4 aliphatic rings. The van der Waals surface area contributed by atoms with Gasteiger partial charge in [-0.3, -0.25) is 19.1 Å². The summed E-state index contributed by atoms with van der Waals surface area (Å²) in [6, 6.07) is 15.5. The van der Waals surface area contributed by atoms with Gasteiger partial charge in [0.05, 0.1) is 22.5 Å². The van der Waals surface area contributed by atoms with Gasteiger partial charge < -0.3 is 20.1 Å². The number of amides is 2. The van der Waals surface area contributed by atoms with E-state index in [0.717, 1.165) is 43.4 Å². The molecular formula is C36H41N3O9S2. The molecule has 0 aromatic heterocycles. The van der Waals surface area contributed by atoms with E-state index in [1.54, 1.807) is 24.3 Å². The number of hydrogen-bond acceptors (Lipinski definition) is 9. The van der Waals surface area contributed by atoms with E-state index >= 15 is 0 Å². The molecule has 3 N–H and O–H groups in total. The van der Waals surface area contributed by atoms with E-state index in [0.29, 0.717) is 48.5 Å². The van der Waals surface area contributed by atoms with Crippen LogP contribution in [0.4, 0.5) is 17.1 Å². The Kier molecular flexibility index (Phi) is 9.46. The van der Waals surface area contributed by atoms with Crippen LogP contribution in [0.1, 0.15) is 51.0 Å². The Balaban J connectivity index is 1.40. The van der Waals surface area contributed by atoms with Crippen LogP contribution in [0, 0.1) is 30.1 Å². The summed E-state index contributed by atoms with van der Waals surface area (Å²) < 4.78 is 64.0. The minimum absolute atomic E-state index is 0.149. The van der Waals surface area contributed by atoms with Crippen LogP contribution in [0.25, 0.3) is 0 Å². The Hall–Kier alpha value is -4.43. The van der Waals surface area contributed by atoms with Crippen molar-refractivity contribution in [3.8, 4) is 17.2 Å². The van der Waals surface area contributed by atoms with Crippen LogP contribution in [0.5, 0.6) is 17.2 Å². The molecular weight excluding hydrogens is 683 g/mol.